The summed E-state index contributed by atoms with van der Waals surface area (Å²) in [6.45, 7) is 13.3. The van der Waals surface area contributed by atoms with Crippen molar-refractivity contribution < 1.29 is 0 Å². The molecule has 1 heteroatoms. The van der Waals surface area contributed by atoms with Crippen molar-refractivity contribution in [1.82, 2.24) is 0 Å². The Balaban J connectivity index is 2.43. The third-order valence-electron chi connectivity index (χ3n) is 3.63. The van der Waals surface area contributed by atoms with Crippen LogP contribution in [0.2, 0.25) is 0 Å². The van der Waals surface area contributed by atoms with Crippen molar-refractivity contribution >= 4 is 13.2 Å². The zero-order valence-electron chi connectivity index (χ0n) is 11.7. The Labute approximate surface area is 112 Å². The fourth-order valence-electron chi connectivity index (χ4n) is 2.84. The molecule has 0 saturated heterocycles. The van der Waals surface area contributed by atoms with E-state index in [1.54, 1.807) is 5.30 Å². The highest BCUT2D eigenvalue weighted by Crippen LogP contribution is 2.46. The van der Waals surface area contributed by atoms with Crippen molar-refractivity contribution in [2.45, 2.75) is 26.4 Å². The number of allylic oxidation sites excluding steroid dienone is 5. The van der Waals surface area contributed by atoms with Crippen LogP contribution in [0, 0.1) is 13.8 Å². The molecule has 2 rings (SSSR count). The van der Waals surface area contributed by atoms with E-state index in [1.807, 2.05) is 0 Å². The molecule has 2 unspecified atom stereocenters. The summed E-state index contributed by atoms with van der Waals surface area (Å²) in [7, 11) is -0.233. The fraction of sp³-hybridized carbons (Fsp3) is 0.294. The van der Waals surface area contributed by atoms with Crippen LogP contribution in [0.4, 0.5) is 0 Å². The molecule has 2 atom stereocenters. The lowest BCUT2D eigenvalue weighted by Gasteiger charge is -2.30. The topological polar surface area (TPSA) is 0 Å². The maximum absolute atomic E-state index is 4.24. The first-order chi connectivity index (χ1) is 8.52. The number of hydrogen-bond acceptors (Lipinski definition) is 0. The first kappa shape index (κ1) is 13.3. The van der Waals surface area contributed by atoms with E-state index in [1.165, 1.54) is 22.3 Å². The van der Waals surface area contributed by atoms with Gasteiger partial charge in [0.25, 0.3) is 0 Å². The molecule has 0 nitrogen and oxygen atoms in total. The van der Waals surface area contributed by atoms with Gasteiger partial charge in [-0.25, -0.2) is 0 Å². The normalized spacial score (nSPS) is 20.8. The van der Waals surface area contributed by atoms with Gasteiger partial charge in [0.2, 0.25) is 0 Å². The quantitative estimate of drug-likeness (QED) is 0.684. The zero-order valence-corrected chi connectivity index (χ0v) is 12.6. The summed E-state index contributed by atoms with van der Waals surface area (Å²) < 4.78 is 0. The third-order valence-corrected chi connectivity index (χ3v) is 6.56. The van der Waals surface area contributed by atoms with Gasteiger partial charge in [-0.1, -0.05) is 56.5 Å². The molecule has 0 amide bonds. The van der Waals surface area contributed by atoms with E-state index in [0.29, 0.717) is 5.66 Å². The van der Waals surface area contributed by atoms with Gasteiger partial charge in [0.15, 0.2) is 0 Å². The summed E-state index contributed by atoms with van der Waals surface area (Å²) >= 11 is 0. The average molecular weight is 256 g/mol. The lowest BCUT2D eigenvalue weighted by Crippen LogP contribution is -2.20. The monoisotopic (exact) mass is 256 g/mol. The Morgan fingerprint density at radius 3 is 2.28 bits per heavy atom. The lowest BCUT2D eigenvalue weighted by molar-refractivity contribution is 1.15. The van der Waals surface area contributed by atoms with Crippen LogP contribution >= 0.6 is 7.92 Å². The van der Waals surface area contributed by atoms with E-state index in [9.17, 15) is 0 Å². The molecule has 0 radical (unpaired) electrons. The fourth-order valence-corrected chi connectivity index (χ4v) is 5.64. The van der Waals surface area contributed by atoms with Gasteiger partial charge in [-0.15, -0.1) is 0 Å². The van der Waals surface area contributed by atoms with Crippen molar-refractivity contribution in [1.29, 1.82) is 0 Å². The van der Waals surface area contributed by atoms with Gasteiger partial charge in [0.1, 0.15) is 0 Å². The highest BCUT2D eigenvalue weighted by molar-refractivity contribution is 7.66. The lowest BCUT2D eigenvalue weighted by atomic mass is 10.0. The van der Waals surface area contributed by atoms with Crippen molar-refractivity contribution in [2.75, 3.05) is 6.66 Å². The molecular formula is C17H21P. The van der Waals surface area contributed by atoms with Crippen molar-refractivity contribution in [3.63, 3.8) is 0 Å². The van der Waals surface area contributed by atoms with E-state index < -0.39 is 0 Å². The molecule has 0 spiro atoms. The Morgan fingerprint density at radius 2 is 1.72 bits per heavy atom. The highest BCUT2D eigenvalue weighted by Gasteiger charge is 2.25. The SMILES string of the molecule is C=C1C=CC=C(C)C1P(C)c1c(C)cccc1C. The summed E-state index contributed by atoms with van der Waals surface area (Å²) in [4.78, 5) is 0. The molecule has 0 aromatic heterocycles. The Morgan fingerprint density at radius 1 is 1.11 bits per heavy atom. The molecule has 0 fully saturated rings. The second-order valence-electron chi connectivity index (χ2n) is 5.10. The van der Waals surface area contributed by atoms with Gasteiger partial charge in [-0.05, 0) is 49.4 Å². The van der Waals surface area contributed by atoms with Crippen LogP contribution < -0.4 is 5.30 Å². The van der Waals surface area contributed by atoms with Gasteiger partial charge in [-0.2, -0.15) is 0 Å². The molecule has 1 aromatic carbocycles. The van der Waals surface area contributed by atoms with Crippen LogP contribution in [0.3, 0.4) is 0 Å². The minimum absolute atomic E-state index is 0.233. The Hall–Kier alpha value is -1.13. The van der Waals surface area contributed by atoms with Gasteiger partial charge in [0.05, 0.1) is 0 Å². The van der Waals surface area contributed by atoms with Crippen molar-refractivity contribution in [2.24, 2.45) is 0 Å². The third kappa shape index (κ3) is 2.35. The van der Waals surface area contributed by atoms with Gasteiger partial charge in [-0.3, -0.25) is 0 Å². The van der Waals surface area contributed by atoms with E-state index >= 15 is 0 Å². The summed E-state index contributed by atoms with van der Waals surface area (Å²) in [5.74, 6) is 0. The minimum Gasteiger partial charge on any atom is -0.0948 e. The summed E-state index contributed by atoms with van der Waals surface area (Å²) in [5, 5.41) is 1.54. The van der Waals surface area contributed by atoms with Gasteiger partial charge < -0.3 is 0 Å². The summed E-state index contributed by atoms with van der Waals surface area (Å²) in [6, 6.07) is 6.60. The highest BCUT2D eigenvalue weighted by atomic mass is 31.1. The first-order valence-corrected chi connectivity index (χ1v) is 8.21. The average Bonchev–Trinajstić information content (AvgIpc) is 2.28. The Bertz CT molecular complexity index is 514. The van der Waals surface area contributed by atoms with Crippen LogP contribution in [0.15, 0.2) is 54.2 Å². The van der Waals surface area contributed by atoms with Crippen LogP contribution in [0.25, 0.3) is 0 Å². The molecule has 1 aliphatic rings. The molecule has 0 heterocycles. The molecule has 0 bridgehead atoms. The summed E-state index contributed by atoms with van der Waals surface area (Å²) in [5.41, 5.74) is 6.03. The number of rotatable bonds is 2. The molecule has 0 N–H and O–H groups in total. The van der Waals surface area contributed by atoms with Crippen molar-refractivity contribution in [3.8, 4) is 0 Å². The van der Waals surface area contributed by atoms with Crippen LogP contribution in [0.1, 0.15) is 18.1 Å². The molecule has 94 valence electrons. The van der Waals surface area contributed by atoms with Crippen LogP contribution in [-0.2, 0) is 0 Å². The van der Waals surface area contributed by atoms with Gasteiger partial charge in [0, 0.05) is 5.66 Å². The second kappa shape index (κ2) is 5.24. The number of aryl methyl sites for hydroxylation is 2. The summed E-state index contributed by atoms with van der Waals surface area (Å²) in [6.07, 6.45) is 6.50. The maximum atomic E-state index is 4.24. The molecule has 18 heavy (non-hydrogen) atoms. The smallest absolute Gasteiger partial charge is 0.0283 e. The van der Waals surface area contributed by atoms with E-state index in [2.05, 4.69) is 70.4 Å². The predicted molar refractivity (Wildman–Crippen MR) is 84.2 cm³/mol. The van der Waals surface area contributed by atoms with Crippen LogP contribution in [-0.4, -0.2) is 12.3 Å². The molecular weight excluding hydrogens is 235 g/mol. The second-order valence-corrected chi connectivity index (χ2v) is 7.28. The predicted octanol–water partition coefficient (Wildman–Crippen LogP) is 4.48. The van der Waals surface area contributed by atoms with Crippen molar-refractivity contribution in [3.05, 3.63) is 65.3 Å². The standard InChI is InChI=1S/C17H21P/c1-12-8-6-9-13(2)16(12)18(5)17-14(3)10-7-11-15(17)4/h6-11,16H,1H2,2-5H3. The molecule has 1 aliphatic carbocycles. The minimum atomic E-state index is -0.233. The van der Waals surface area contributed by atoms with E-state index in [0.717, 1.165) is 0 Å². The first-order valence-electron chi connectivity index (χ1n) is 6.35. The molecule has 0 saturated carbocycles. The van der Waals surface area contributed by atoms with E-state index in [4.69, 9.17) is 0 Å². The maximum Gasteiger partial charge on any atom is 0.0283 e. The van der Waals surface area contributed by atoms with Gasteiger partial charge >= 0.3 is 0 Å². The van der Waals surface area contributed by atoms with Crippen LogP contribution in [0.5, 0.6) is 0 Å². The number of hydrogen-bond donors (Lipinski definition) is 0. The van der Waals surface area contributed by atoms with E-state index in [-0.39, 0.29) is 7.92 Å². The molecule has 0 aliphatic heterocycles. The zero-order chi connectivity index (χ0) is 13.3. The Kier molecular flexibility index (Phi) is 3.88. The molecule has 1 aromatic rings. The largest absolute Gasteiger partial charge is 0.0948 e. The number of benzene rings is 1.